The van der Waals surface area contributed by atoms with Crippen molar-refractivity contribution in [3.05, 3.63) is 45.4 Å². The van der Waals surface area contributed by atoms with Crippen molar-refractivity contribution >= 4 is 17.2 Å². The van der Waals surface area contributed by atoms with Gasteiger partial charge in [-0.05, 0) is 38.0 Å². The van der Waals surface area contributed by atoms with E-state index in [1.165, 1.54) is 4.88 Å². The maximum absolute atomic E-state index is 11.9. The predicted molar refractivity (Wildman–Crippen MR) is 89.6 cm³/mol. The number of amides is 1. The van der Waals surface area contributed by atoms with Gasteiger partial charge in [-0.1, -0.05) is 12.1 Å². The molecule has 0 aliphatic heterocycles. The highest BCUT2D eigenvalue weighted by atomic mass is 32.1. The summed E-state index contributed by atoms with van der Waals surface area (Å²) in [5.74, 6) is 0.929. The van der Waals surface area contributed by atoms with E-state index in [1.807, 2.05) is 38.1 Å². The molecule has 22 heavy (non-hydrogen) atoms. The molecular weight excluding hydrogens is 296 g/mol. The average molecular weight is 318 g/mol. The summed E-state index contributed by atoms with van der Waals surface area (Å²) in [6.07, 6.45) is 2.10. The quantitative estimate of drug-likeness (QED) is 0.853. The Balaban J connectivity index is 1.70. The van der Waals surface area contributed by atoms with Crippen LogP contribution in [0.1, 0.15) is 27.6 Å². The van der Waals surface area contributed by atoms with Gasteiger partial charge in [0.05, 0.1) is 17.8 Å². The monoisotopic (exact) mass is 318 g/mol. The highest BCUT2D eigenvalue weighted by molar-refractivity contribution is 7.11. The molecule has 1 aromatic heterocycles. The number of ether oxygens (including phenoxy) is 1. The van der Waals surface area contributed by atoms with Gasteiger partial charge in [0.25, 0.3) is 0 Å². The van der Waals surface area contributed by atoms with E-state index in [2.05, 4.69) is 10.3 Å². The second-order valence-electron chi connectivity index (χ2n) is 5.19. The molecule has 4 nitrogen and oxygen atoms in total. The first-order chi connectivity index (χ1) is 10.6. The predicted octanol–water partition coefficient (Wildman–Crippen LogP) is 3.06. The zero-order valence-electron chi connectivity index (χ0n) is 13.3. The van der Waals surface area contributed by atoms with Crippen LogP contribution in [0.15, 0.2) is 24.3 Å². The van der Waals surface area contributed by atoms with Crippen LogP contribution < -0.4 is 10.1 Å². The van der Waals surface area contributed by atoms with E-state index in [0.29, 0.717) is 13.0 Å². The fourth-order valence-electron chi connectivity index (χ4n) is 2.26. The van der Waals surface area contributed by atoms with Gasteiger partial charge in [-0.3, -0.25) is 4.79 Å². The van der Waals surface area contributed by atoms with E-state index in [9.17, 15) is 4.79 Å². The van der Waals surface area contributed by atoms with Crippen molar-refractivity contribution in [2.75, 3.05) is 13.7 Å². The second-order valence-corrected chi connectivity index (χ2v) is 6.48. The van der Waals surface area contributed by atoms with Gasteiger partial charge < -0.3 is 10.1 Å². The molecule has 2 aromatic rings. The molecule has 0 saturated carbocycles. The van der Waals surface area contributed by atoms with Crippen molar-refractivity contribution in [3.8, 4) is 5.75 Å². The van der Waals surface area contributed by atoms with Crippen LogP contribution in [-0.2, 0) is 17.6 Å². The molecule has 5 heteroatoms. The topological polar surface area (TPSA) is 51.2 Å². The lowest BCUT2D eigenvalue weighted by Crippen LogP contribution is -2.25. The molecule has 1 heterocycles. The first kappa shape index (κ1) is 16.5. The van der Waals surface area contributed by atoms with E-state index >= 15 is 0 Å². The first-order valence-electron chi connectivity index (χ1n) is 7.41. The summed E-state index contributed by atoms with van der Waals surface area (Å²) >= 11 is 1.71. The molecule has 118 valence electrons. The number of carbonyl (C=O) groups excluding carboxylic acids is 1. The molecule has 0 radical (unpaired) electrons. The van der Waals surface area contributed by atoms with Crippen LogP contribution in [0, 0.1) is 13.8 Å². The third kappa shape index (κ3) is 4.84. The molecule has 0 unspecified atom stereocenters. The molecular formula is C17H22N2O2S. The minimum atomic E-state index is 0.0923. The van der Waals surface area contributed by atoms with Crippen molar-refractivity contribution in [2.24, 2.45) is 0 Å². The van der Waals surface area contributed by atoms with Crippen molar-refractivity contribution < 1.29 is 9.53 Å². The number of aryl methyl sites for hydroxylation is 3. The van der Waals surface area contributed by atoms with E-state index in [-0.39, 0.29) is 5.91 Å². The molecule has 0 bridgehead atoms. The molecule has 0 aliphatic carbocycles. The van der Waals surface area contributed by atoms with Crippen LogP contribution in [0.3, 0.4) is 0 Å². The third-order valence-electron chi connectivity index (χ3n) is 3.47. The van der Waals surface area contributed by atoms with Crippen molar-refractivity contribution in [1.82, 2.24) is 10.3 Å². The van der Waals surface area contributed by atoms with Crippen LogP contribution >= 0.6 is 11.3 Å². The number of thiazole rings is 1. The second kappa shape index (κ2) is 7.94. The molecule has 0 aliphatic rings. The SMILES string of the molecule is COc1ccc(CCC(=O)NCCc2sc(C)nc2C)cc1. The Kier molecular flexibility index (Phi) is 5.95. The normalized spacial score (nSPS) is 10.5. The van der Waals surface area contributed by atoms with Gasteiger partial charge in [-0.25, -0.2) is 4.98 Å². The maximum Gasteiger partial charge on any atom is 0.220 e. The highest BCUT2D eigenvalue weighted by Crippen LogP contribution is 2.17. The van der Waals surface area contributed by atoms with Gasteiger partial charge in [0.1, 0.15) is 5.75 Å². The van der Waals surface area contributed by atoms with Gasteiger partial charge in [-0.2, -0.15) is 0 Å². The lowest BCUT2D eigenvalue weighted by atomic mass is 10.1. The van der Waals surface area contributed by atoms with Crippen LogP contribution in [0.2, 0.25) is 0 Å². The summed E-state index contributed by atoms with van der Waals surface area (Å²) in [5.41, 5.74) is 2.22. The summed E-state index contributed by atoms with van der Waals surface area (Å²) in [6.45, 7) is 4.70. The molecule has 1 aromatic carbocycles. The van der Waals surface area contributed by atoms with Gasteiger partial charge in [0.2, 0.25) is 5.91 Å². The van der Waals surface area contributed by atoms with Crippen LogP contribution in [0.4, 0.5) is 0 Å². The summed E-state index contributed by atoms with van der Waals surface area (Å²) < 4.78 is 5.12. The number of methoxy groups -OCH3 is 1. The number of nitrogens with one attached hydrogen (secondary N) is 1. The minimum absolute atomic E-state index is 0.0923. The van der Waals surface area contributed by atoms with Gasteiger partial charge >= 0.3 is 0 Å². The lowest BCUT2D eigenvalue weighted by molar-refractivity contribution is -0.121. The molecule has 2 rings (SSSR count). The smallest absolute Gasteiger partial charge is 0.220 e. The summed E-state index contributed by atoms with van der Waals surface area (Å²) in [6, 6.07) is 7.83. The zero-order chi connectivity index (χ0) is 15.9. The Morgan fingerprint density at radius 1 is 1.23 bits per heavy atom. The molecule has 0 atom stereocenters. The standard InChI is InChI=1S/C17H22N2O2S/c1-12-16(22-13(2)19-12)10-11-18-17(20)9-6-14-4-7-15(21-3)8-5-14/h4-5,7-8H,6,9-11H2,1-3H3,(H,18,20). The number of aromatic nitrogens is 1. The van der Waals surface area contributed by atoms with E-state index < -0.39 is 0 Å². The number of nitrogens with zero attached hydrogens (tertiary/aromatic N) is 1. The number of hydrogen-bond donors (Lipinski definition) is 1. The minimum Gasteiger partial charge on any atom is -0.497 e. The Morgan fingerprint density at radius 3 is 2.55 bits per heavy atom. The van der Waals surface area contributed by atoms with Crippen LogP contribution in [0.5, 0.6) is 5.75 Å². The number of rotatable bonds is 7. The van der Waals surface area contributed by atoms with Crippen LogP contribution in [-0.4, -0.2) is 24.5 Å². The number of benzene rings is 1. The van der Waals surface area contributed by atoms with Gasteiger partial charge in [0, 0.05) is 24.3 Å². The molecule has 0 spiro atoms. The van der Waals surface area contributed by atoms with Crippen molar-refractivity contribution in [3.63, 3.8) is 0 Å². The van der Waals surface area contributed by atoms with E-state index in [1.54, 1.807) is 18.4 Å². The molecule has 1 amide bonds. The third-order valence-corrected chi connectivity index (χ3v) is 4.61. The molecule has 0 fully saturated rings. The number of carbonyl (C=O) groups is 1. The van der Waals surface area contributed by atoms with E-state index in [4.69, 9.17) is 4.74 Å². The highest BCUT2D eigenvalue weighted by Gasteiger charge is 2.06. The van der Waals surface area contributed by atoms with Crippen molar-refractivity contribution in [2.45, 2.75) is 33.1 Å². The van der Waals surface area contributed by atoms with Gasteiger partial charge in [-0.15, -0.1) is 11.3 Å². The van der Waals surface area contributed by atoms with Gasteiger partial charge in [0.15, 0.2) is 0 Å². The maximum atomic E-state index is 11.9. The average Bonchev–Trinajstić information content (AvgIpc) is 2.83. The zero-order valence-corrected chi connectivity index (χ0v) is 14.1. The largest absolute Gasteiger partial charge is 0.497 e. The summed E-state index contributed by atoms with van der Waals surface area (Å²) in [7, 11) is 1.65. The fraction of sp³-hybridized carbons (Fsp3) is 0.412. The Labute approximate surface area is 135 Å². The fourth-order valence-corrected chi connectivity index (χ4v) is 3.20. The number of hydrogen-bond acceptors (Lipinski definition) is 4. The lowest BCUT2D eigenvalue weighted by Gasteiger charge is -2.06. The van der Waals surface area contributed by atoms with Crippen LogP contribution in [0.25, 0.3) is 0 Å². The Morgan fingerprint density at radius 2 is 1.95 bits per heavy atom. The summed E-state index contributed by atoms with van der Waals surface area (Å²) in [5, 5.41) is 4.06. The Bertz CT molecular complexity index is 620. The first-order valence-corrected chi connectivity index (χ1v) is 8.22. The summed E-state index contributed by atoms with van der Waals surface area (Å²) in [4.78, 5) is 17.5. The van der Waals surface area contributed by atoms with E-state index in [0.717, 1.165) is 34.9 Å². The molecule has 1 N–H and O–H groups in total. The molecule has 0 saturated heterocycles. The van der Waals surface area contributed by atoms with Crippen molar-refractivity contribution in [1.29, 1.82) is 0 Å². The Hall–Kier alpha value is -1.88.